The molecule has 1 saturated heterocycles. The molecular formula is C25H18ClNO4S2. The summed E-state index contributed by atoms with van der Waals surface area (Å²) in [6, 6.07) is 22.1. The average Bonchev–Trinajstić information content (AvgIpc) is 3.08. The quantitative estimate of drug-likeness (QED) is 0.323. The van der Waals surface area contributed by atoms with Gasteiger partial charge in [0.15, 0.2) is 6.04 Å². The van der Waals surface area contributed by atoms with Crippen LogP contribution in [0.15, 0.2) is 83.8 Å². The van der Waals surface area contributed by atoms with E-state index < -0.39 is 17.9 Å². The van der Waals surface area contributed by atoms with Crippen LogP contribution in [0, 0.1) is 0 Å². The van der Waals surface area contributed by atoms with Crippen molar-refractivity contribution in [3.63, 3.8) is 0 Å². The Labute approximate surface area is 205 Å². The summed E-state index contributed by atoms with van der Waals surface area (Å²) in [5.74, 6) is -0.909. The zero-order valence-corrected chi connectivity index (χ0v) is 19.6. The van der Waals surface area contributed by atoms with Gasteiger partial charge in [0.05, 0.1) is 4.91 Å². The lowest BCUT2D eigenvalue weighted by Crippen LogP contribution is -2.37. The number of nitrogens with zero attached hydrogens (tertiary/aromatic N) is 1. The number of amides is 1. The number of carbonyl (C=O) groups is 2. The van der Waals surface area contributed by atoms with Crippen LogP contribution >= 0.6 is 35.6 Å². The molecule has 0 saturated carbocycles. The van der Waals surface area contributed by atoms with Gasteiger partial charge in [-0.15, -0.1) is 0 Å². The molecular weight excluding hydrogens is 478 g/mol. The molecule has 1 atom stereocenters. The summed E-state index contributed by atoms with van der Waals surface area (Å²) in [4.78, 5) is 26.5. The van der Waals surface area contributed by atoms with Crippen LogP contribution < -0.4 is 4.74 Å². The van der Waals surface area contributed by atoms with Crippen molar-refractivity contribution in [2.75, 3.05) is 0 Å². The van der Waals surface area contributed by atoms with Crippen molar-refractivity contribution in [2.24, 2.45) is 0 Å². The molecule has 1 aliphatic rings. The summed E-state index contributed by atoms with van der Waals surface area (Å²) in [6.07, 6.45) is 1.70. The Morgan fingerprint density at radius 2 is 1.73 bits per heavy atom. The highest BCUT2D eigenvalue weighted by atomic mass is 35.5. The normalized spacial score (nSPS) is 15.7. The van der Waals surface area contributed by atoms with E-state index in [1.54, 1.807) is 48.5 Å². The van der Waals surface area contributed by atoms with E-state index in [0.717, 1.165) is 27.8 Å². The molecule has 166 valence electrons. The van der Waals surface area contributed by atoms with Gasteiger partial charge in [-0.05, 0) is 35.4 Å². The Morgan fingerprint density at radius 1 is 1.06 bits per heavy atom. The van der Waals surface area contributed by atoms with Crippen molar-refractivity contribution in [2.45, 2.75) is 12.6 Å². The van der Waals surface area contributed by atoms with Gasteiger partial charge < -0.3 is 9.84 Å². The minimum Gasteiger partial charge on any atom is -0.489 e. The minimum absolute atomic E-state index is 0.210. The maximum Gasteiger partial charge on any atom is 0.331 e. The zero-order valence-electron chi connectivity index (χ0n) is 17.2. The second kappa shape index (κ2) is 10.2. The number of hydrogen-bond donors (Lipinski definition) is 1. The predicted octanol–water partition coefficient (Wildman–Crippen LogP) is 5.95. The summed E-state index contributed by atoms with van der Waals surface area (Å²) in [7, 11) is 0. The maximum atomic E-state index is 13.0. The standard InChI is InChI=1S/C25H18ClNO4S2/c26-20-9-5-4-8-18(20)15-31-19-12-10-16(11-13-19)14-21-23(28)27(25(32)33-21)22(24(29)30)17-6-2-1-3-7-17/h1-14,22H,15H2,(H,29,30)/b21-14-. The first kappa shape index (κ1) is 23.0. The Kier molecular flexibility index (Phi) is 7.13. The van der Waals surface area contributed by atoms with Crippen molar-refractivity contribution in [1.29, 1.82) is 0 Å². The van der Waals surface area contributed by atoms with Gasteiger partial charge in [0, 0.05) is 10.6 Å². The number of carboxylic acid groups (broad SMARTS) is 1. The number of aliphatic carboxylic acids is 1. The molecule has 4 rings (SSSR count). The lowest BCUT2D eigenvalue weighted by molar-refractivity contribution is -0.145. The predicted molar refractivity (Wildman–Crippen MR) is 134 cm³/mol. The first-order chi connectivity index (χ1) is 15.9. The molecule has 1 aliphatic heterocycles. The number of benzene rings is 3. The van der Waals surface area contributed by atoms with Gasteiger partial charge in [-0.1, -0.05) is 96.2 Å². The maximum absolute atomic E-state index is 13.0. The number of halogens is 1. The lowest BCUT2D eigenvalue weighted by atomic mass is 10.1. The first-order valence-electron chi connectivity index (χ1n) is 9.95. The van der Waals surface area contributed by atoms with E-state index in [0.29, 0.717) is 27.8 Å². The number of hydrogen-bond acceptors (Lipinski definition) is 5. The highest BCUT2D eigenvalue weighted by Crippen LogP contribution is 2.38. The molecule has 0 aromatic heterocycles. The number of thioether (sulfide) groups is 1. The van der Waals surface area contributed by atoms with E-state index in [2.05, 4.69) is 0 Å². The van der Waals surface area contributed by atoms with Crippen LogP contribution in [0.25, 0.3) is 6.08 Å². The number of carboxylic acids is 1. The van der Waals surface area contributed by atoms with Gasteiger partial charge in [0.1, 0.15) is 16.7 Å². The molecule has 0 spiro atoms. The zero-order chi connectivity index (χ0) is 23.4. The molecule has 0 radical (unpaired) electrons. The van der Waals surface area contributed by atoms with Crippen LogP contribution in [0.5, 0.6) is 5.75 Å². The summed E-state index contributed by atoms with van der Waals surface area (Å²) < 4.78 is 6.00. The van der Waals surface area contributed by atoms with E-state index in [1.807, 2.05) is 36.4 Å². The fraction of sp³-hybridized carbons (Fsp3) is 0.0800. The van der Waals surface area contributed by atoms with Gasteiger partial charge in [0.2, 0.25) is 0 Å². The Hall–Kier alpha value is -3.13. The molecule has 1 N–H and O–H groups in total. The van der Waals surface area contributed by atoms with Gasteiger partial charge in [-0.2, -0.15) is 0 Å². The minimum atomic E-state index is -1.18. The van der Waals surface area contributed by atoms with Crippen molar-refractivity contribution in [1.82, 2.24) is 4.90 Å². The Balaban J connectivity index is 1.49. The highest BCUT2D eigenvalue weighted by molar-refractivity contribution is 8.26. The van der Waals surface area contributed by atoms with Crippen LogP contribution in [-0.4, -0.2) is 26.2 Å². The molecule has 1 heterocycles. The number of carbonyl (C=O) groups excluding carboxylic acids is 1. The fourth-order valence-corrected chi connectivity index (χ4v) is 4.83. The van der Waals surface area contributed by atoms with Crippen LogP contribution in [-0.2, 0) is 16.2 Å². The van der Waals surface area contributed by atoms with Crippen molar-refractivity contribution in [3.05, 3.63) is 105 Å². The molecule has 0 bridgehead atoms. The summed E-state index contributed by atoms with van der Waals surface area (Å²) in [5, 5.41) is 10.4. The molecule has 1 fully saturated rings. The van der Waals surface area contributed by atoms with E-state index in [-0.39, 0.29) is 4.32 Å². The highest BCUT2D eigenvalue weighted by Gasteiger charge is 2.41. The van der Waals surface area contributed by atoms with E-state index in [9.17, 15) is 14.7 Å². The molecule has 5 nitrogen and oxygen atoms in total. The van der Waals surface area contributed by atoms with Crippen molar-refractivity contribution >= 4 is 57.9 Å². The van der Waals surface area contributed by atoms with Crippen molar-refractivity contribution in [3.8, 4) is 5.75 Å². The van der Waals surface area contributed by atoms with Gasteiger partial charge in [-0.3, -0.25) is 9.69 Å². The molecule has 33 heavy (non-hydrogen) atoms. The summed E-state index contributed by atoms with van der Waals surface area (Å²) in [6.45, 7) is 0.341. The molecule has 1 amide bonds. The van der Waals surface area contributed by atoms with Crippen molar-refractivity contribution < 1.29 is 19.4 Å². The first-order valence-corrected chi connectivity index (χ1v) is 11.6. The lowest BCUT2D eigenvalue weighted by Gasteiger charge is -2.23. The average molecular weight is 496 g/mol. The molecule has 0 aliphatic carbocycles. The third-order valence-corrected chi connectivity index (χ3v) is 6.66. The third kappa shape index (κ3) is 5.27. The van der Waals surface area contributed by atoms with Gasteiger partial charge in [-0.25, -0.2) is 4.79 Å². The van der Waals surface area contributed by atoms with E-state index in [4.69, 9.17) is 28.6 Å². The number of ether oxygens (including phenoxy) is 1. The molecule has 1 unspecified atom stereocenters. The van der Waals surface area contributed by atoms with E-state index >= 15 is 0 Å². The third-order valence-electron chi connectivity index (χ3n) is 4.96. The number of thiocarbonyl (C=S) groups is 1. The largest absolute Gasteiger partial charge is 0.489 e. The Morgan fingerprint density at radius 3 is 2.39 bits per heavy atom. The summed E-state index contributed by atoms with van der Waals surface area (Å²) >= 11 is 12.6. The molecule has 3 aromatic rings. The second-order valence-corrected chi connectivity index (χ2v) is 9.24. The topological polar surface area (TPSA) is 66.8 Å². The summed E-state index contributed by atoms with van der Waals surface area (Å²) in [5.41, 5.74) is 2.15. The SMILES string of the molecule is O=C(O)C(c1ccccc1)N1C(=O)/C(=C/c2ccc(OCc3ccccc3Cl)cc2)SC1=S. The van der Waals surface area contributed by atoms with Crippen LogP contribution in [0.4, 0.5) is 0 Å². The second-order valence-electron chi connectivity index (χ2n) is 7.15. The smallest absolute Gasteiger partial charge is 0.331 e. The molecule has 8 heteroatoms. The van der Waals surface area contributed by atoms with Gasteiger partial charge in [0.25, 0.3) is 5.91 Å². The van der Waals surface area contributed by atoms with Crippen LogP contribution in [0.1, 0.15) is 22.7 Å². The number of rotatable bonds is 7. The molecule has 3 aromatic carbocycles. The van der Waals surface area contributed by atoms with Gasteiger partial charge >= 0.3 is 5.97 Å². The van der Waals surface area contributed by atoms with Crippen LogP contribution in [0.2, 0.25) is 5.02 Å². The van der Waals surface area contributed by atoms with E-state index in [1.165, 1.54) is 0 Å². The fourth-order valence-electron chi connectivity index (χ4n) is 3.33. The Bertz CT molecular complexity index is 1230. The monoisotopic (exact) mass is 495 g/mol. The van der Waals surface area contributed by atoms with Crippen LogP contribution in [0.3, 0.4) is 0 Å².